The van der Waals surface area contributed by atoms with Gasteiger partial charge in [0.2, 0.25) is 5.88 Å². The third kappa shape index (κ3) is 2.04. The lowest BCUT2D eigenvalue weighted by Crippen LogP contribution is -1.98. The fourth-order valence-corrected chi connectivity index (χ4v) is 2.05. The van der Waals surface area contributed by atoms with Gasteiger partial charge in [0, 0.05) is 0 Å². The van der Waals surface area contributed by atoms with E-state index in [9.17, 15) is 0 Å². The van der Waals surface area contributed by atoms with E-state index in [1.54, 1.807) is 0 Å². The standard InChI is InChI=1S/C15H11N3O2/c16-8-13-14(17)20-18-15(13)19-9-11-6-3-5-10-4-1-2-7-12(10)11/h1-7H,9,17H2. The molecular weight excluding hydrogens is 254 g/mol. The first-order valence-corrected chi connectivity index (χ1v) is 6.04. The van der Waals surface area contributed by atoms with E-state index >= 15 is 0 Å². The summed E-state index contributed by atoms with van der Waals surface area (Å²) in [5.74, 6) is 0.0957. The minimum absolute atomic E-state index is 0.0274. The second-order valence-electron chi connectivity index (χ2n) is 4.27. The average Bonchev–Trinajstić information content (AvgIpc) is 2.85. The van der Waals surface area contributed by atoms with E-state index < -0.39 is 0 Å². The summed E-state index contributed by atoms with van der Waals surface area (Å²) in [7, 11) is 0. The first kappa shape index (κ1) is 12.1. The Kier molecular flexibility index (Phi) is 2.98. The van der Waals surface area contributed by atoms with Crippen LogP contribution in [0.2, 0.25) is 0 Å². The monoisotopic (exact) mass is 265 g/mol. The minimum atomic E-state index is -0.0274. The number of hydrogen-bond acceptors (Lipinski definition) is 5. The Morgan fingerprint density at radius 2 is 2.00 bits per heavy atom. The molecule has 2 N–H and O–H groups in total. The Balaban J connectivity index is 1.89. The highest BCUT2D eigenvalue weighted by molar-refractivity contribution is 5.85. The maximum Gasteiger partial charge on any atom is 0.275 e. The molecule has 0 radical (unpaired) electrons. The van der Waals surface area contributed by atoms with Gasteiger partial charge in [0.25, 0.3) is 5.88 Å². The number of hydrogen-bond donors (Lipinski definition) is 1. The van der Waals surface area contributed by atoms with Gasteiger partial charge in [-0.2, -0.15) is 5.26 Å². The molecule has 5 heteroatoms. The van der Waals surface area contributed by atoms with Gasteiger partial charge in [-0.05, 0) is 21.5 Å². The van der Waals surface area contributed by atoms with Crippen molar-refractivity contribution < 1.29 is 9.26 Å². The van der Waals surface area contributed by atoms with Gasteiger partial charge >= 0.3 is 0 Å². The van der Waals surface area contributed by atoms with Crippen LogP contribution in [0.15, 0.2) is 47.0 Å². The molecule has 98 valence electrons. The largest absolute Gasteiger partial charge is 0.470 e. The molecular formula is C15H11N3O2. The van der Waals surface area contributed by atoms with Gasteiger partial charge in [-0.25, -0.2) is 0 Å². The van der Waals surface area contributed by atoms with E-state index in [1.807, 2.05) is 48.5 Å². The molecule has 0 aliphatic rings. The number of nitrogens with zero attached hydrogens (tertiary/aromatic N) is 2. The predicted octanol–water partition coefficient (Wildman–Crippen LogP) is 2.86. The fraction of sp³-hybridized carbons (Fsp3) is 0.0667. The summed E-state index contributed by atoms with van der Waals surface area (Å²) in [6, 6.07) is 15.9. The Bertz CT molecular complexity index is 797. The second-order valence-corrected chi connectivity index (χ2v) is 4.27. The number of benzene rings is 2. The van der Waals surface area contributed by atoms with Crippen molar-refractivity contribution in [3.05, 3.63) is 53.6 Å². The van der Waals surface area contributed by atoms with Crippen molar-refractivity contribution in [3.8, 4) is 11.9 Å². The molecule has 0 saturated heterocycles. The molecule has 1 aromatic heterocycles. The summed E-state index contributed by atoms with van der Waals surface area (Å²) in [5.41, 5.74) is 6.62. The minimum Gasteiger partial charge on any atom is -0.470 e. The van der Waals surface area contributed by atoms with Crippen molar-refractivity contribution >= 4 is 16.7 Å². The van der Waals surface area contributed by atoms with E-state index in [0.717, 1.165) is 16.3 Å². The Morgan fingerprint density at radius 1 is 1.20 bits per heavy atom. The molecule has 20 heavy (non-hydrogen) atoms. The van der Waals surface area contributed by atoms with E-state index in [4.69, 9.17) is 20.3 Å². The molecule has 2 aromatic carbocycles. The Hall–Kier alpha value is -3.00. The Morgan fingerprint density at radius 3 is 2.85 bits per heavy atom. The van der Waals surface area contributed by atoms with Gasteiger partial charge < -0.3 is 15.0 Å². The maximum absolute atomic E-state index is 8.95. The molecule has 3 rings (SSSR count). The normalized spacial score (nSPS) is 10.3. The van der Waals surface area contributed by atoms with Crippen molar-refractivity contribution in [3.63, 3.8) is 0 Å². The van der Waals surface area contributed by atoms with Crippen LogP contribution in [0.1, 0.15) is 11.1 Å². The molecule has 0 atom stereocenters. The summed E-state index contributed by atoms with van der Waals surface area (Å²) >= 11 is 0. The summed E-state index contributed by atoms with van der Waals surface area (Å²) in [5, 5.41) is 14.8. The highest BCUT2D eigenvalue weighted by Crippen LogP contribution is 2.24. The molecule has 0 aliphatic carbocycles. The summed E-state index contributed by atoms with van der Waals surface area (Å²) in [6.45, 7) is 0.294. The number of nitrogens with two attached hydrogens (primary N) is 1. The van der Waals surface area contributed by atoms with E-state index in [1.165, 1.54) is 0 Å². The van der Waals surface area contributed by atoms with Crippen LogP contribution in [0.25, 0.3) is 10.8 Å². The molecule has 0 amide bonds. The van der Waals surface area contributed by atoms with E-state index in [0.29, 0.717) is 6.61 Å². The smallest absolute Gasteiger partial charge is 0.275 e. The molecule has 0 saturated carbocycles. The number of fused-ring (bicyclic) bond motifs is 1. The lowest BCUT2D eigenvalue weighted by molar-refractivity contribution is 0.271. The van der Waals surface area contributed by atoms with Crippen LogP contribution >= 0.6 is 0 Å². The first-order chi connectivity index (χ1) is 9.79. The topological polar surface area (TPSA) is 85.1 Å². The molecule has 5 nitrogen and oxygen atoms in total. The zero-order valence-electron chi connectivity index (χ0n) is 10.5. The van der Waals surface area contributed by atoms with Crippen LogP contribution in [0.5, 0.6) is 5.88 Å². The van der Waals surface area contributed by atoms with Gasteiger partial charge in [0.1, 0.15) is 12.7 Å². The average molecular weight is 265 g/mol. The first-order valence-electron chi connectivity index (χ1n) is 6.04. The molecule has 0 unspecified atom stereocenters. The van der Waals surface area contributed by atoms with E-state index in [-0.39, 0.29) is 17.3 Å². The maximum atomic E-state index is 8.95. The number of ether oxygens (including phenoxy) is 1. The van der Waals surface area contributed by atoms with Crippen LogP contribution in [-0.2, 0) is 6.61 Å². The van der Waals surface area contributed by atoms with Gasteiger partial charge in [-0.1, -0.05) is 42.5 Å². The predicted molar refractivity (Wildman–Crippen MR) is 73.9 cm³/mol. The summed E-state index contributed by atoms with van der Waals surface area (Å²) in [6.07, 6.45) is 0. The zero-order chi connectivity index (χ0) is 13.9. The number of aromatic nitrogens is 1. The van der Waals surface area contributed by atoms with Crippen LogP contribution in [0.3, 0.4) is 0 Å². The molecule has 0 fully saturated rings. The highest BCUT2D eigenvalue weighted by atomic mass is 16.5. The number of nitriles is 1. The number of nitrogen functional groups attached to an aromatic ring is 1. The van der Waals surface area contributed by atoms with Crippen LogP contribution in [0.4, 0.5) is 5.88 Å². The quantitative estimate of drug-likeness (QED) is 0.787. The van der Waals surface area contributed by atoms with Crippen LogP contribution < -0.4 is 10.5 Å². The van der Waals surface area contributed by atoms with Gasteiger partial charge in [-0.15, -0.1) is 0 Å². The molecule has 3 aromatic rings. The SMILES string of the molecule is N#Cc1c(OCc2cccc3ccccc23)noc1N. The van der Waals surface area contributed by atoms with Crippen molar-refractivity contribution in [2.45, 2.75) is 6.61 Å². The Labute approximate surface area is 115 Å². The van der Waals surface area contributed by atoms with Crippen molar-refractivity contribution in [1.82, 2.24) is 5.16 Å². The van der Waals surface area contributed by atoms with Gasteiger partial charge in [0.05, 0.1) is 0 Å². The molecule has 1 heterocycles. The highest BCUT2D eigenvalue weighted by Gasteiger charge is 2.14. The second kappa shape index (κ2) is 4.94. The van der Waals surface area contributed by atoms with Crippen LogP contribution in [0, 0.1) is 11.3 Å². The van der Waals surface area contributed by atoms with Crippen molar-refractivity contribution in [2.75, 3.05) is 5.73 Å². The lowest BCUT2D eigenvalue weighted by Gasteiger charge is -2.06. The van der Waals surface area contributed by atoms with Crippen molar-refractivity contribution in [1.29, 1.82) is 5.26 Å². The van der Waals surface area contributed by atoms with Crippen LogP contribution in [-0.4, -0.2) is 5.16 Å². The lowest BCUT2D eigenvalue weighted by atomic mass is 10.1. The number of rotatable bonds is 3. The van der Waals surface area contributed by atoms with E-state index in [2.05, 4.69) is 5.16 Å². The summed E-state index contributed by atoms with van der Waals surface area (Å²) in [4.78, 5) is 0. The fourth-order valence-electron chi connectivity index (χ4n) is 2.05. The molecule has 0 bridgehead atoms. The molecule has 0 aliphatic heterocycles. The summed E-state index contributed by atoms with van der Waals surface area (Å²) < 4.78 is 10.3. The van der Waals surface area contributed by atoms with Gasteiger partial charge in [-0.3, -0.25) is 0 Å². The van der Waals surface area contributed by atoms with Gasteiger partial charge in [0.15, 0.2) is 5.56 Å². The zero-order valence-corrected chi connectivity index (χ0v) is 10.5. The third-order valence-electron chi connectivity index (χ3n) is 3.04. The third-order valence-corrected chi connectivity index (χ3v) is 3.04. The number of anilines is 1. The van der Waals surface area contributed by atoms with Crippen molar-refractivity contribution in [2.24, 2.45) is 0 Å². The molecule has 0 spiro atoms.